The van der Waals surface area contributed by atoms with Gasteiger partial charge in [-0.2, -0.15) is 15.0 Å². The molecule has 2 amide bonds. The Balaban J connectivity index is 1.20. The van der Waals surface area contributed by atoms with Crippen molar-refractivity contribution >= 4 is 47.0 Å². The van der Waals surface area contributed by atoms with Crippen LogP contribution in [0.25, 0.3) is 0 Å². The van der Waals surface area contributed by atoms with Crippen molar-refractivity contribution in [2.75, 3.05) is 95.5 Å². The second-order valence-corrected chi connectivity index (χ2v) is 11.0. The van der Waals surface area contributed by atoms with Crippen molar-refractivity contribution in [2.24, 2.45) is 0 Å². The van der Waals surface area contributed by atoms with E-state index in [0.29, 0.717) is 68.6 Å². The summed E-state index contributed by atoms with van der Waals surface area (Å²) < 4.78 is 26.2. The maximum absolute atomic E-state index is 12.6. The molecule has 0 spiro atoms. The Kier molecular flexibility index (Phi) is 17.2. The third-order valence-corrected chi connectivity index (χ3v) is 6.98. The number of phenols is 1. The highest BCUT2D eigenvalue weighted by molar-refractivity contribution is 5.94. The molecule has 0 aliphatic carbocycles. The standard InChI is InChI=1S/C36H44N8O9/c1-49-31(46)25-53-24-23-51-19-16-38-33(48)27-7-9-28(10-8-27)40-35-42-34(43-36(44-35)41-29-11-13-30(45)14-12-29)39-17-20-52-22-21-50-18-15-37-32(47)26-5-3-2-4-6-26/h2-14,45H,15-25H2,1H3,(H,37,47)(H,38,48)(H3,39,40,41,42,43,44). The first-order valence-electron chi connectivity index (χ1n) is 16.8. The van der Waals surface area contributed by atoms with Crippen LogP contribution in [0, 0.1) is 0 Å². The molecule has 4 aromatic rings. The van der Waals surface area contributed by atoms with E-state index in [1.807, 2.05) is 18.2 Å². The zero-order valence-electron chi connectivity index (χ0n) is 29.3. The normalized spacial score (nSPS) is 10.7. The van der Waals surface area contributed by atoms with Gasteiger partial charge in [-0.15, -0.1) is 0 Å². The van der Waals surface area contributed by atoms with Crippen LogP contribution in [0.4, 0.5) is 29.2 Å². The van der Waals surface area contributed by atoms with E-state index in [0.717, 1.165) is 0 Å². The molecule has 0 atom stereocenters. The number of carbonyl (C=O) groups is 3. The molecule has 0 saturated heterocycles. The van der Waals surface area contributed by atoms with Crippen molar-refractivity contribution < 1.29 is 43.2 Å². The Morgan fingerprint density at radius 3 is 1.58 bits per heavy atom. The Morgan fingerprint density at radius 1 is 0.566 bits per heavy atom. The van der Waals surface area contributed by atoms with Gasteiger partial charge in [0.05, 0.1) is 53.4 Å². The van der Waals surface area contributed by atoms with Gasteiger partial charge < -0.3 is 55.4 Å². The summed E-state index contributed by atoms with van der Waals surface area (Å²) >= 11 is 0. The minimum atomic E-state index is -0.460. The zero-order valence-corrected chi connectivity index (χ0v) is 29.3. The first-order chi connectivity index (χ1) is 25.9. The van der Waals surface area contributed by atoms with Crippen LogP contribution >= 0.6 is 0 Å². The minimum absolute atomic E-state index is 0.126. The molecule has 53 heavy (non-hydrogen) atoms. The lowest BCUT2D eigenvalue weighted by Crippen LogP contribution is -2.27. The summed E-state index contributed by atoms with van der Waals surface area (Å²) in [5.74, 6) is 0.0193. The van der Waals surface area contributed by atoms with Crippen molar-refractivity contribution in [3.63, 3.8) is 0 Å². The van der Waals surface area contributed by atoms with Crippen molar-refractivity contribution in [2.45, 2.75) is 0 Å². The summed E-state index contributed by atoms with van der Waals surface area (Å²) in [6.45, 7) is 3.17. The van der Waals surface area contributed by atoms with Crippen LogP contribution in [0.2, 0.25) is 0 Å². The monoisotopic (exact) mass is 732 g/mol. The van der Waals surface area contributed by atoms with Gasteiger partial charge in [0.15, 0.2) is 0 Å². The number of rotatable bonds is 24. The molecule has 1 heterocycles. The summed E-state index contributed by atoms with van der Waals surface area (Å²) in [4.78, 5) is 49.0. The van der Waals surface area contributed by atoms with Gasteiger partial charge in [0, 0.05) is 42.1 Å². The summed E-state index contributed by atoms with van der Waals surface area (Å²) in [5.41, 5.74) is 2.33. The lowest BCUT2D eigenvalue weighted by atomic mass is 10.2. The first-order valence-corrected chi connectivity index (χ1v) is 16.8. The molecule has 0 saturated carbocycles. The molecule has 0 bridgehead atoms. The summed E-state index contributed by atoms with van der Waals surface area (Å²) in [6, 6.07) is 22.2. The van der Waals surface area contributed by atoms with Gasteiger partial charge in [-0.05, 0) is 60.7 Å². The van der Waals surface area contributed by atoms with E-state index in [2.05, 4.69) is 46.3 Å². The van der Waals surface area contributed by atoms with Crippen LogP contribution in [0.5, 0.6) is 5.75 Å². The number of carbonyl (C=O) groups excluding carboxylic acids is 3. The molecule has 0 unspecified atom stereocenters. The molecular formula is C36H44N8O9. The van der Waals surface area contributed by atoms with Gasteiger partial charge >= 0.3 is 5.97 Å². The number of hydrogen-bond acceptors (Lipinski definition) is 15. The predicted molar refractivity (Wildman–Crippen MR) is 196 cm³/mol. The van der Waals surface area contributed by atoms with Crippen molar-refractivity contribution in [3.8, 4) is 5.75 Å². The van der Waals surface area contributed by atoms with E-state index in [1.54, 1.807) is 60.7 Å². The van der Waals surface area contributed by atoms with Crippen molar-refractivity contribution in [1.82, 2.24) is 25.6 Å². The molecule has 0 aliphatic heterocycles. The highest BCUT2D eigenvalue weighted by Crippen LogP contribution is 2.21. The molecular weight excluding hydrogens is 688 g/mol. The van der Waals surface area contributed by atoms with E-state index in [9.17, 15) is 19.5 Å². The van der Waals surface area contributed by atoms with Crippen LogP contribution in [0.15, 0.2) is 78.9 Å². The molecule has 282 valence electrons. The SMILES string of the molecule is COC(=O)COCCOCCNC(=O)c1ccc(Nc2nc(NCCOCCOCCNC(=O)c3ccccc3)nc(Nc3ccc(O)cc3)n2)cc1. The second kappa shape index (κ2) is 22.8. The Morgan fingerprint density at radius 2 is 1.04 bits per heavy atom. The van der Waals surface area contributed by atoms with Gasteiger partial charge in [0.25, 0.3) is 11.8 Å². The highest BCUT2D eigenvalue weighted by atomic mass is 16.6. The molecule has 17 nitrogen and oxygen atoms in total. The Hall–Kier alpha value is -5.88. The van der Waals surface area contributed by atoms with Crippen LogP contribution < -0.4 is 26.6 Å². The maximum atomic E-state index is 12.6. The van der Waals surface area contributed by atoms with E-state index in [-0.39, 0.29) is 61.8 Å². The maximum Gasteiger partial charge on any atom is 0.331 e. The number of nitrogens with one attached hydrogen (secondary N) is 5. The largest absolute Gasteiger partial charge is 0.508 e. The highest BCUT2D eigenvalue weighted by Gasteiger charge is 2.10. The smallest absolute Gasteiger partial charge is 0.331 e. The first kappa shape index (κ1) is 39.9. The van der Waals surface area contributed by atoms with Crippen LogP contribution in [0.1, 0.15) is 20.7 Å². The number of amides is 2. The lowest BCUT2D eigenvalue weighted by Gasteiger charge is -2.12. The third kappa shape index (κ3) is 15.5. The fraction of sp³-hybridized carbons (Fsp3) is 0.333. The number of phenolic OH excluding ortho intramolecular Hbond substituents is 1. The molecule has 4 rings (SSSR count). The fourth-order valence-corrected chi connectivity index (χ4v) is 4.33. The van der Waals surface area contributed by atoms with E-state index >= 15 is 0 Å². The molecule has 0 radical (unpaired) electrons. The molecule has 1 aromatic heterocycles. The summed E-state index contributed by atoms with van der Waals surface area (Å²) in [5, 5.41) is 24.6. The van der Waals surface area contributed by atoms with E-state index < -0.39 is 5.97 Å². The average Bonchev–Trinajstić information content (AvgIpc) is 3.17. The number of ether oxygens (including phenoxy) is 5. The van der Waals surface area contributed by atoms with Crippen LogP contribution in [-0.4, -0.2) is 117 Å². The number of anilines is 5. The average molecular weight is 733 g/mol. The Bertz CT molecular complexity index is 1700. The lowest BCUT2D eigenvalue weighted by molar-refractivity contribution is -0.146. The predicted octanol–water partition coefficient (Wildman–Crippen LogP) is 2.88. The number of aromatic hydroxyl groups is 1. The Labute approximate surface area is 306 Å². The molecule has 3 aromatic carbocycles. The van der Waals surface area contributed by atoms with Crippen molar-refractivity contribution in [3.05, 3.63) is 90.0 Å². The van der Waals surface area contributed by atoms with Gasteiger partial charge in [-0.25, -0.2) is 4.79 Å². The van der Waals surface area contributed by atoms with Gasteiger partial charge in [0.1, 0.15) is 12.4 Å². The quantitative estimate of drug-likeness (QED) is 0.0347. The van der Waals surface area contributed by atoms with Gasteiger partial charge in [-0.1, -0.05) is 18.2 Å². The molecule has 0 fully saturated rings. The number of nitrogens with zero attached hydrogens (tertiary/aromatic N) is 3. The van der Waals surface area contributed by atoms with Gasteiger partial charge in [0.2, 0.25) is 17.8 Å². The van der Waals surface area contributed by atoms with Crippen LogP contribution in [-0.2, 0) is 28.5 Å². The zero-order chi connectivity index (χ0) is 37.5. The number of aromatic nitrogens is 3. The third-order valence-electron chi connectivity index (χ3n) is 6.98. The summed E-state index contributed by atoms with van der Waals surface area (Å²) in [6.07, 6.45) is 0. The second-order valence-electron chi connectivity index (χ2n) is 11.0. The number of hydrogen-bond donors (Lipinski definition) is 6. The topological polar surface area (TPSA) is 216 Å². The summed E-state index contributed by atoms with van der Waals surface area (Å²) in [7, 11) is 1.29. The minimum Gasteiger partial charge on any atom is -0.508 e. The number of benzene rings is 3. The van der Waals surface area contributed by atoms with Gasteiger partial charge in [-0.3, -0.25) is 9.59 Å². The van der Waals surface area contributed by atoms with E-state index in [1.165, 1.54) is 7.11 Å². The number of methoxy groups -OCH3 is 1. The van der Waals surface area contributed by atoms with E-state index in [4.69, 9.17) is 18.9 Å². The molecule has 17 heteroatoms. The van der Waals surface area contributed by atoms with Crippen LogP contribution in [0.3, 0.4) is 0 Å². The fourth-order valence-electron chi connectivity index (χ4n) is 4.33. The number of esters is 1. The van der Waals surface area contributed by atoms with Crippen molar-refractivity contribution in [1.29, 1.82) is 0 Å². The molecule has 6 N–H and O–H groups in total. The molecule has 0 aliphatic rings.